The highest BCUT2D eigenvalue weighted by atomic mass is 32.1. The second kappa shape index (κ2) is 16.7. The normalized spacial score (nSPS) is 12.3. The van der Waals surface area contributed by atoms with E-state index in [9.17, 15) is 14.4 Å². The van der Waals surface area contributed by atoms with E-state index in [1.807, 2.05) is 33.8 Å². The number of rotatable bonds is 9. The van der Waals surface area contributed by atoms with Crippen LogP contribution in [0, 0.1) is 34.6 Å². The maximum absolute atomic E-state index is 13.1. The number of hydroxylamine groups is 1. The van der Waals surface area contributed by atoms with Crippen LogP contribution in [-0.2, 0) is 22.0 Å². The van der Waals surface area contributed by atoms with Gasteiger partial charge in [0, 0.05) is 18.4 Å². The molecule has 0 aliphatic rings. The molecule has 0 saturated heterocycles. The molecule has 1 atom stereocenters. The van der Waals surface area contributed by atoms with Crippen LogP contribution in [0.3, 0.4) is 0 Å². The number of hydrogen-bond acceptors (Lipinski definition) is 10. The maximum Gasteiger partial charge on any atom is 0.414 e. The van der Waals surface area contributed by atoms with Gasteiger partial charge >= 0.3 is 12.2 Å². The number of aromatic amines is 1. The topological polar surface area (TPSA) is 173 Å². The summed E-state index contributed by atoms with van der Waals surface area (Å²) in [5.74, 6) is 0.411. The second-order valence-corrected chi connectivity index (χ2v) is 12.3. The molecular weight excluding hydrogens is 588 g/mol. The first kappa shape index (κ1) is 38.0. The van der Waals surface area contributed by atoms with E-state index in [-0.39, 0.29) is 30.5 Å². The predicted octanol–water partition coefficient (Wildman–Crippen LogP) is 4.94. The van der Waals surface area contributed by atoms with Crippen LogP contribution in [0.5, 0.6) is 5.75 Å². The van der Waals surface area contributed by atoms with E-state index in [0.717, 1.165) is 27.9 Å². The Hall–Kier alpha value is -4.07. The molecule has 1 unspecified atom stereocenters. The summed E-state index contributed by atoms with van der Waals surface area (Å²) in [5.41, 5.74) is 6.13. The van der Waals surface area contributed by atoms with Crippen molar-refractivity contribution in [3.8, 4) is 5.75 Å². The SMILES string of the molecule is Cc1cnc(C(=O)C(CCCN=C(NOc2c(C)cc(C)c(C)c2C)NC(=O)OC(C)(C)C)NC(=O)OC(C)(C)C)[nH]1.O=S. The van der Waals surface area contributed by atoms with Crippen LogP contribution in [0.4, 0.5) is 9.59 Å². The minimum atomic E-state index is -0.909. The van der Waals surface area contributed by atoms with E-state index < -0.39 is 29.4 Å². The van der Waals surface area contributed by atoms with Crippen LogP contribution in [0.1, 0.15) is 93.0 Å². The number of hydrogen-bond donors (Lipinski definition) is 4. The number of carbonyl (C=O) groups excluding carboxylic acids is 3. The van der Waals surface area contributed by atoms with Gasteiger partial charge in [0.25, 0.3) is 0 Å². The molecule has 13 nitrogen and oxygen atoms in total. The van der Waals surface area contributed by atoms with Crippen LogP contribution in [0.25, 0.3) is 0 Å². The van der Waals surface area contributed by atoms with Gasteiger partial charge in [-0.3, -0.25) is 15.1 Å². The van der Waals surface area contributed by atoms with Gasteiger partial charge in [-0.1, -0.05) is 6.07 Å². The predicted molar refractivity (Wildman–Crippen MR) is 169 cm³/mol. The molecule has 0 fully saturated rings. The van der Waals surface area contributed by atoms with Crippen molar-refractivity contribution in [1.82, 2.24) is 26.1 Å². The first-order valence-electron chi connectivity index (χ1n) is 14.1. The highest BCUT2D eigenvalue weighted by Gasteiger charge is 2.27. The van der Waals surface area contributed by atoms with Crippen molar-refractivity contribution in [3.05, 3.63) is 46.0 Å². The van der Waals surface area contributed by atoms with Crippen molar-refractivity contribution in [2.45, 2.75) is 106 Å². The number of ether oxygens (including phenoxy) is 2. The summed E-state index contributed by atoms with van der Waals surface area (Å²) in [4.78, 5) is 55.5. The molecule has 1 aromatic heterocycles. The molecule has 0 aliphatic heterocycles. The lowest BCUT2D eigenvalue weighted by atomic mass is 10.00. The van der Waals surface area contributed by atoms with Gasteiger partial charge in [0.15, 0.2) is 24.1 Å². The third-order valence-corrected chi connectivity index (χ3v) is 6.02. The third-order valence-electron chi connectivity index (χ3n) is 6.02. The summed E-state index contributed by atoms with van der Waals surface area (Å²) in [6.45, 7) is 20.4. The Labute approximate surface area is 264 Å². The first-order chi connectivity index (χ1) is 20.4. The van der Waals surface area contributed by atoms with E-state index in [1.54, 1.807) is 54.7 Å². The number of nitrogens with one attached hydrogen (secondary N) is 4. The van der Waals surface area contributed by atoms with Gasteiger partial charge in [-0.15, -0.1) is 0 Å². The minimum Gasteiger partial charge on any atom is -0.444 e. The molecule has 4 N–H and O–H groups in total. The van der Waals surface area contributed by atoms with E-state index in [4.69, 9.17) is 18.5 Å². The van der Waals surface area contributed by atoms with Crippen molar-refractivity contribution in [2.24, 2.45) is 4.99 Å². The molecule has 244 valence electrons. The number of guanidine groups is 1. The minimum absolute atomic E-state index is 0.0333. The van der Waals surface area contributed by atoms with Crippen LogP contribution in [0.15, 0.2) is 17.3 Å². The van der Waals surface area contributed by atoms with Crippen LogP contribution >= 0.6 is 0 Å². The molecule has 2 aromatic rings. The molecule has 44 heavy (non-hydrogen) atoms. The highest BCUT2D eigenvalue weighted by Crippen LogP contribution is 2.27. The molecule has 14 heteroatoms. The number of carbonyl (C=O) groups is 3. The summed E-state index contributed by atoms with van der Waals surface area (Å²) in [6.07, 6.45) is 0.723. The number of aliphatic imine (C=N–C) groups is 1. The largest absolute Gasteiger partial charge is 0.444 e. The fraction of sp³-hybridized carbons (Fsp3) is 0.567. The average Bonchev–Trinajstić information content (AvgIpc) is 3.33. The Morgan fingerprint density at radius 3 is 2.07 bits per heavy atom. The average molecular weight is 635 g/mol. The van der Waals surface area contributed by atoms with Crippen molar-refractivity contribution in [2.75, 3.05) is 6.54 Å². The summed E-state index contributed by atoms with van der Waals surface area (Å²) >= 11 is 2.83. The van der Waals surface area contributed by atoms with E-state index in [2.05, 4.69) is 43.6 Å². The molecule has 0 saturated carbocycles. The number of nitrogens with zero attached hydrogens (tertiary/aromatic N) is 2. The van der Waals surface area contributed by atoms with Crippen molar-refractivity contribution in [3.63, 3.8) is 0 Å². The van der Waals surface area contributed by atoms with Gasteiger partial charge in [-0.2, -0.15) is 9.69 Å². The number of Topliss-reactive ketones (excluding diaryl/α,β-unsaturated/α-hetero) is 1. The van der Waals surface area contributed by atoms with Gasteiger partial charge in [0.1, 0.15) is 11.2 Å². The van der Waals surface area contributed by atoms with Crippen molar-refractivity contribution >= 4 is 36.5 Å². The van der Waals surface area contributed by atoms with Crippen LogP contribution in [-0.4, -0.2) is 61.9 Å². The van der Waals surface area contributed by atoms with Gasteiger partial charge in [-0.25, -0.2) is 14.6 Å². The smallest absolute Gasteiger partial charge is 0.414 e. The molecule has 0 radical (unpaired) electrons. The second-order valence-electron chi connectivity index (χ2n) is 12.3. The Bertz CT molecular complexity index is 1330. The fourth-order valence-electron chi connectivity index (χ4n) is 3.92. The summed E-state index contributed by atoms with van der Waals surface area (Å²) < 4.78 is 18.6. The van der Waals surface area contributed by atoms with Gasteiger partial charge in [0.05, 0.1) is 6.04 Å². The Morgan fingerprint density at radius 1 is 0.932 bits per heavy atom. The molecule has 2 amide bonds. The molecule has 0 aliphatic carbocycles. The summed E-state index contributed by atoms with van der Waals surface area (Å²) in [6, 6.07) is 1.11. The molecule has 2 rings (SSSR count). The van der Waals surface area contributed by atoms with Gasteiger partial charge in [-0.05, 0) is 111 Å². The summed E-state index contributed by atoms with van der Waals surface area (Å²) in [5, 5.41) is 5.23. The van der Waals surface area contributed by atoms with Crippen LogP contribution < -0.4 is 21.0 Å². The van der Waals surface area contributed by atoms with Gasteiger partial charge in [0.2, 0.25) is 11.7 Å². The number of benzene rings is 1. The zero-order valence-electron chi connectivity index (χ0n) is 27.5. The number of ketones is 1. The number of amides is 2. The Balaban J connectivity index is 0.00000474. The molecular formula is C30H46N6O7S. The lowest BCUT2D eigenvalue weighted by Gasteiger charge is -2.23. The lowest BCUT2D eigenvalue weighted by molar-refractivity contribution is 0.0486. The molecule has 1 aromatic carbocycles. The number of aryl methyl sites for hydroxylation is 3. The Morgan fingerprint density at radius 2 is 1.52 bits per heavy atom. The zero-order valence-corrected chi connectivity index (χ0v) is 28.3. The zero-order chi connectivity index (χ0) is 33.8. The van der Waals surface area contributed by atoms with Crippen molar-refractivity contribution < 1.29 is 32.9 Å². The first-order valence-corrected chi connectivity index (χ1v) is 14.5. The molecule has 0 spiro atoms. The van der Waals surface area contributed by atoms with Crippen molar-refractivity contribution in [1.29, 1.82) is 0 Å². The monoisotopic (exact) mass is 634 g/mol. The quantitative estimate of drug-likeness (QED) is 0.0973. The number of alkyl carbamates (subject to hydrolysis) is 2. The van der Waals surface area contributed by atoms with E-state index in [1.165, 1.54) is 0 Å². The number of imidazole rings is 1. The molecule has 1 heterocycles. The van der Waals surface area contributed by atoms with Gasteiger partial charge < -0.3 is 24.6 Å². The Kier molecular flexibility index (Phi) is 14.4. The highest BCUT2D eigenvalue weighted by molar-refractivity contribution is 7.44. The third kappa shape index (κ3) is 13.1. The lowest BCUT2D eigenvalue weighted by Crippen LogP contribution is -2.45. The number of H-pyrrole nitrogens is 1. The summed E-state index contributed by atoms with van der Waals surface area (Å²) in [7, 11) is 0. The molecule has 0 bridgehead atoms. The standard InChI is InChI=1S/C30H46N6O6.OS/c1-17-15-18(2)24(21(5)20(17)4)42-36-26(35-28(39)41-30(9,10)11)31-14-12-13-22(34-27(38)40-29(6,7)8)23(37)25-32-16-19(3)33-25;1-2/h15-16,22H,12-14H2,1-11H3,(H,32,33)(H,34,38)(H2,31,35,36,39);. The van der Waals surface area contributed by atoms with Crippen LogP contribution in [0.2, 0.25) is 0 Å². The fourth-order valence-corrected chi connectivity index (χ4v) is 3.92. The number of aromatic nitrogens is 2. The van der Waals surface area contributed by atoms with E-state index >= 15 is 0 Å². The van der Waals surface area contributed by atoms with E-state index in [0.29, 0.717) is 12.2 Å². The maximum atomic E-state index is 13.1.